The lowest BCUT2D eigenvalue weighted by Crippen LogP contribution is -2.34. The Labute approximate surface area is 80.6 Å². The Morgan fingerprint density at radius 2 is 1.71 bits per heavy atom. The van der Waals surface area contributed by atoms with Crippen LogP contribution in [0.2, 0.25) is 0 Å². The predicted molar refractivity (Wildman–Crippen MR) is 43.8 cm³/mol. The van der Waals surface area contributed by atoms with Crippen molar-refractivity contribution in [2.24, 2.45) is 11.8 Å². The molecule has 0 aromatic heterocycles. The Morgan fingerprint density at radius 1 is 1.21 bits per heavy atom. The van der Waals surface area contributed by atoms with Gasteiger partial charge in [-0.3, -0.25) is 14.5 Å². The molecule has 0 radical (unpaired) electrons. The minimum absolute atomic E-state index is 0.0852. The molecule has 0 aromatic rings. The highest BCUT2D eigenvalue weighted by Gasteiger charge is 2.62. The van der Waals surface area contributed by atoms with E-state index in [-0.39, 0.29) is 35.9 Å². The molecule has 14 heavy (non-hydrogen) atoms. The van der Waals surface area contributed by atoms with E-state index < -0.39 is 6.73 Å². The van der Waals surface area contributed by atoms with Crippen LogP contribution in [0.3, 0.4) is 0 Å². The molecule has 76 valence electrons. The van der Waals surface area contributed by atoms with Crippen LogP contribution in [0.5, 0.6) is 0 Å². The second-order valence-corrected chi connectivity index (χ2v) is 4.09. The third kappa shape index (κ3) is 0.773. The first kappa shape index (κ1) is 8.38. The van der Waals surface area contributed by atoms with Gasteiger partial charge in [0.1, 0.15) is 6.73 Å². The topological polar surface area (TPSA) is 66.8 Å². The van der Waals surface area contributed by atoms with Crippen LogP contribution in [-0.4, -0.2) is 40.8 Å². The zero-order valence-corrected chi connectivity index (χ0v) is 7.55. The van der Waals surface area contributed by atoms with Crippen LogP contribution in [0, 0.1) is 11.8 Å². The highest BCUT2D eigenvalue weighted by atomic mass is 16.5. The van der Waals surface area contributed by atoms with E-state index in [4.69, 9.17) is 9.84 Å². The average Bonchev–Trinajstić information content (AvgIpc) is 2.80. The number of aliphatic hydroxyl groups excluding tert-OH is 1. The zero-order valence-electron chi connectivity index (χ0n) is 7.55. The molecule has 0 spiro atoms. The van der Waals surface area contributed by atoms with E-state index in [1.807, 2.05) is 0 Å². The molecule has 3 heterocycles. The van der Waals surface area contributed by atoms with Crippen molar-refractivity contribution in [1.29, 1.82) is 0 Å². The molecule has 5 heteroatoms. The second kappa shape index (κ2) is 2.55. The first-order valence-electron chi connectivity index (χ1n) is 4.85. The molecular weight excluding hydrogens is 186 g/mol. The molecule has 3 fully saturated rings. The number of hydrogen-bond acceptors (Lipinski definition) is 4. The van der Waals surface area contributed by atoms with Crippen molar-refractivity contribution < 1.29 is 19.4 Å². The number of nitrogens with zero attached hydrogens (tertiary/aromatic N) is 1. The fraction of sp³-hybridized carbons (Fsp3) is 0.778. The number of carbonyl (C=O) groups is 2. The van der Waals surface area contributed by atoms with E-state index in [1.54, 1.807) is 0 Å². The predicted octanol–water partition coefficient (Wildman–Crippen LogP) is -0.901. The second-order valence-electron chi connectivity index (χ2n) is 4.09. The third-order valence-corrected chi connectivity index (χ3v) is 3.52. The van der Waals surface area contributed by atoms with Crippen molar-refractivity contribution >= 4 is 11.8 Å². The van der Waals surface area contributed by atoms with Crippen LogP contribution in [0.1, 0.15) is 12.8 Å². The highest BCUT2D eigenvalue weighted by molar-refractivity contribution is 6.06. The van der Waals surface area contributed by atoms with Gasteiger partial charge in [-0.05, 0) is 12.8 Å². The van der Waals surface area contributed by atoms with E-state index in [0.29, 0.717) is 0 Å². The van der Waals surface area contributed by atoms with Gasteiger partial charge in [-0.25, -0.2) is 0 Å². The minimum Gasteiger partial charge on any atom is -0.376 e. The van der Waals surface area contributed by atoms with Gasteiger partial charge in [0.05, 0.1) is 24.0 Å². The number of amides is 2. The van der Waals surface area contributed by atoms with E-state index in [9.17, 15) is 9.59 Å². The molecule has 3 aliphatic rings. The Morgan fingerprint density at radius 3 is 2.14 bits per heavy atom. The van der Waals surface area contributed by atoms with Gasteiger partial charge in [-0.1, -0.05) is 0 Å². The van der Waals surface area contributed by atoms with Crippen LogP contribution >= 0.6 is 0 Å². The summed E-state index contributed by atoms with van der Waals surface area (Å²) < 4.78 is 5.52. The van der Waals surface area contributed by atoms with Gasteiger partial charge in [0.2, 0.25) is 11.8 Å². The average molecular weight is 197 g/mol. The summed E-state index contributed by atoms with van der Waals surface area (Å²) in [7, 11) is 0. The minimum atomic E-state index is -0.496. The van der Waals surface area contributed by atoms with Gasteiger partial charge in [0.15, 0.2) is 0 Å². The molecule has 3 aliphatic heterocycles. The molecule has 4 atom stereocenters. The number of rotatable bonds is 1. The van der Waals surface area contributed by atoms with Gasteiger partial charge < -0.3 is 9.84 Å². The summed E-state index contributed by atoms with van der Waals surface area (Å²) in [6.07, 6.45) is 1.56. The van der Waals surface area contributed by atoms with E-state index in [1.165, 1.54) is 0 Å². The first-order chi connectivity index (χ1) is 6.74. The highest BCUT2D eigenvalue weighted by Crippen LogP contribution is 2.48. The molecule has 2 bridgehead atoms. The van der Waals surface area contributed by atoms with Crippen molar-refractivity contribution in [3.63, 3.8) is 0 Å². The molecular formula is C9H11NO4. The van der Waals surface area contributed by atoms with Crippen molar-refractivity contribution in [3.05, 3.63) is 0 Å². The zero-order chi connectivity index (χ0) is 9.87. The van der Waals surface area contributed by atoms with E-state index in [0.717, 1.165) is 17.7 Å². The fourth-order valence-electron chi connectivity index (χ4n) is 2.91. The molecule has 3 saturated heterocycles. The molecule has 2 amide bonds. The molecule has 3 rings (SSSR count). The number of imide groups is 1. The Bertz CT molecular complexity index is 288. The summed E-state index contributed by atoms with van der Waals surface area (Å²) in [6.45, 7) is -0.496. The quantitative estimate of drug-likeness (QED) is 0.553. The number of likely N-dealkylation sites (tertiary alicyclic amines) is 1. The molecule has 4 unspecified atom stereocenters. The van der Waals surface area contributed by atoms with Gasteiger partial charge in [-0.2, -0.15) is 0 Å². The largest absolute Gasteiger partial charge is 0.376 e. The number of fused-ring (bicyclic) bond motifs is 5. The normalized spacial score (nSPS) is 45.1. The fourth-order valence-corrected chi connectivity index (χ4v) is 2.91. The van der Waals surface area contributed by atoms with Gasteiger partial charge in [0.25, 0.3) is 0 Å². The summed E-state index contributed by atoms with van der Waals surface area (Å²) in [5.41, 5.74) is 0. The maximum atomic E-state index is 11.7. The summed E-state index contributed by atoms with van der Waals surface area (Å²) in [6, 6.07) is 0. The smallest absolute Gasteiger partial charge is 0.237 e. The molecule has 0 aromatic carbocycles. The monoisotopic (exact) mass is 197 g/mol. The van der Waals surface area contributed by atoms with Crippen molar-refractivity contribution in [1.82, 2.24) is 4.90 Å². The Kier molecular flexibility index (Phi) is 1.52. The summed E-state index contributed by atoms with van der Waals surface area (Å²) >= 11 is 0. The van der Waals surface area contributed by atoms with Crippen molar-refractivity contribution in [2.45, 2.75) is 25.0 Å². The number of ether oxygens (including phenoxy) is 1. The Hall–Kier alpha value is -0.940. The lowest BCUT2D eigenvalue weighted by Gasteiger charge is -2.15. The lowest BCUT2D eigenvalue weighted by atomic mass is 9.81. The third-order valence-electron chi connectivity index (χ3n) is 3.52. The molecule has 0 saturated carbocycles. The van der Waals surface area contributed by atoms with Crippen LogP contribution in [-0.2, 0) is 14.3 Å². The molecule has 1 N–H and O–H groups in total. The lowest BCUT2D eigenvalue weighted by molar-refractivity contribution is -0.146. The molecule has 5 nitrogen and oxygen atoms in total. The summed E-state index contributed by atoms with van der Waals surface area (Å²) in [5.74, 6) is -1.13. The van der Waals surface area contributed by atoms with Crippen molar-refractivity contribution in [2.75, 3.05) is 6.73 Å². The van der Waals surface area contributed by atoms with Crippen LogP contribution in [0.25, 0.3) is 0 Å². The SMILES string of the molecule is O=C1C2C3CCC(O3)C2C(=O)N1CO. The van der Waals surface area contributed by atoms with E-state index >= 15 is 0 Å². The van der Waals surface area contributed by atoms with E-state index in [2.05, 4.69) is 0 Å². The maximum Gasteiger partial charge on any atom is 0.237 e. The van der Waals surface area contributed by atoms with Gasteiger partial charge in [0, 0.05) is 0 Å². The Balaban J connectivity index is 1.98. The molecule has 0 aliphatic carbocycles. The number of carbonyl (C=O) groups excluding carboxylic acids is 2. The number of hydrogen-bond donors (Lipinski definition) is 1. The van der Waals surface area contributed by atoms with Crippen LogP contribution < -0.4 is 0 Å². The summed E-state index contributed by atoms with van der Waals surface area (Å²) in [4.78, 5) is 24.3. The van der Waals surface area contributed by atoms with Crippen LogP contribution in [0.15, 0.2) is 0 Å². The maximum absolute atomic E-state index is 11.7. The van der Waals surface area contributed by atoms with Gasteiger partial charge >= 0.3 is 0 Å². The van der Waals surface area contributed by atoms with Crippen LogP contribution in [0.4, 0.5) is 0 Å². The van der Waals surface area contributed by atoms with Gasteiger partial charge in [-0.15, -0.1) is 0 Å². The summed E-state index contributed by atoms with van der Waals surface area (Å²) in [5, 5.41) is 8.90. The van der Waals surface area contributed by atoms with Crippen molar-refractivity contribution in [3.8, 4) is 0 Å². The number of aliphatic hydroxyl groups is 1. The standard InChI is InChI=1S/C9H11NO4/c11-3-10-8(12)6-4-1-2-5(14-4)7(6)9(10)13/h4-7,11H,1-3H2. The first-order valence-corrected chi connectivity index (χ1v) is 4.85.